The second-order valence-corrected chi connectivity index (χ2v) is 5.28. The van der Waals surface area contributed by atoms with Crippen molar-refractivity contribution >= 4 is 22.5 Å². The standard InChI is InChI=1S/C15H19N3O2/c1-20-12-3-2-6-18(9-12)15(19)14-8-10-7-11(16)4-5-13(10)17-14/h4-5,7-8,12,17H,2-3,6,9,16H2,1H3. The van der Waals surface area contributed by atoms with Crippen molar-refractivity contribution in [2.24, 2.45) is 0 Å². The number of aromatic nitrogens is 1. The summed E-state index contributed by atoms with van der Waals surface area (Å²) in [5, 5.41) is 0.966. The molecule has 1 atom stereocenters. The number of likely N-dealkylation sites (tertiary alicyclic amines) is 1. The van der Waals surface area contributed by atoms with Crippen molar-refractivity contribution in [3.05, 3.63) is 30.0 Å². The SMILES string of the molecule is COC1CCCN(C(=O)c2cc3cc(N)ccc3[nH]2)C1. The van der Waals surface area contributed by atoms with E-state index in [-0.39, 0.29) is 12.0 Å². The number of nitrogens with one attached hydrogen (secondary N) is 1. The molecule has 0 radical (unpaired) electrons. The number of hydrogen-bond acceptors (Lipinski definition) is 3. The summed E-state index contributed by atoms with van der Waals surface area (Å²) in [6, 6.07) is 7.46. The van der Waals surface area contributed by atoms with E-state index in [1.165, 1.54) is 0 Å². The number of fused-ring (bicyclic) bond motifs is 1. The van der Waals surface area contributed by atoms with Crippen molar-refractivity contribution in [2.75, 3.05) is 25.9 Å². The van der Waals surface area contributed by atoms with E-state index >= 15 is 0 Å². The molecule has 5 heteroatoms. The molecule has 0 aliphatic carbocycles. The van der Waals surface area contributed by atoms with Gasteiger partial charge in [-0.05, 0) is 37.1 Å². The molecular formula is C15H19N3O2. The van der Waals surface area contributed by atoms with Crippen molar-refractivity contribution in [2.45, 2.75) is 18.9 Å². The zero-order valence-electron chi connectivity index (χ0n) is 11.6. The summed E-state index contributed by atoms with van der Waals surface area (Å²) in [5.74, 6) is 0.0292. The molecule has 3 rings (SSSR count). The molecule has 1 unspecified atom stereocenters. The number of aromatic amines is 1. The monoisotopic (exact) mass is 273 g/mol. The van der Waals surface area contributed by atoms with Crippen LogP contribution in [0.3, 0.4) is 0 Å². The zero-order valence-corrected chi connectivity index (χ0v) is 11.6. The number of rotatable bonds is 2. The number of H-pyrrole nitrogens is 1. The Morgan fingerprint density at radius 2 is 2.30 bits per heavy atom. The molecule has 1 aromatic carbocycles. The molecule has 1 saturated heterocycles. The van der Waals surface area contributed by atoms with Crippen LogP contribution in [0.25, 0.3) is 10.9 Å². The third-order valence-corrected chi connectivity index (χ3v) is 3.87. The quantitative estimate of drug-likeness (QED) is 0.822. The molecule has 3 N–H and O–H groups in total. The van der Waals surface area contributed by atoms with Crippen LogP contribution in [0.2, 0.25) is 0 Å². The first-order valence-corrected chi connectivity index (χ1v) is 6.87. The number of benzene rings is 1. The maximum atomic E-state index is 12.5. The van der Waals surface area contributed by atoms with Crippen LogP contribution in [0, 0.1) is 0 Å². The fourth-order valence-electron chi connectivity index (χ4n) is 2.75. The largest absolute Gasteiger partial charge is 0.399 e. The van der Waals surface area contributed by atoms with Gasteiger partial charge < -0.3 is 20.4 Å². The van der Waals surface area contributed by atoms with Crippen molar-refractivity contribution in [3.63, 3.8) is 0 Å². The third-order valence-electron chi connectivity index (χ3n) is 3.87. The number of nitrogen functional groups attached to an aromatic ring is 1. The highest BCUT2D eigenvalue weighted by Gasteiger charge is 2.25. The summed E-state index contributed by atoms with van der Waals surface area (Å²) in [4.78, 5) is 17.5. The van der Waals surface area contributed by atoms with Gasteiger partial charge in [0.2, 0.25) is 0 Å². The molecule has 0 saturated carbocycles. The Balaban J connectivity index is 1.84. The number of ether oxygens (including phenoxy) is 1. The van der Waals surface area contributed by atoms with Gasteiger partial charge in [-0.25, -0.2) is 0 Å². The van der Waals surface area contributed by atoms with E-state index < -0.39 is 0 Å². The number of hydrogen-bond donors (Lipinski definition) is 2. The minimum Gasteiger partial charge on any atom is -0.399 e. The molecule has 1 aliphatic heterocycles. The number of nitrogens with two attached hydrogens (primary N) is 1. The van der Waals surface area contributed by atoms with Crippen LogP contribution in [0.5, 0.6) is 0 Å². The number of carbonyl (C=O) groups excluding carboxylic acids is 1. The van der Waals surface area contributed by atoms with E-state index in [4.69, 9.17) is 10.5 Å². The molecule has 0 bridgehead atoms. The van der Waals surface area contributed by atoms with Crippen LogP contribution >= 0.6 is 0 Å². The van der Waals surface area contributed by atoms with Gasteiger partial charge in [-0.2, -0.15) is 0 Å². The minimum atomic E-state index is 0.0292. The number of piperidine rings is 1. The maximum Gasteiger partial charge on any atom is 0.270 e. The number of carbonyl (C=O) groups is 1. The Labute approximate surface area is 117 Å². The van der Waals surface area contributed by atoms with Crippen molar-refractivity contribution in [1.82, 2.24) is 9.88 Å². The van der Waals surface area contributed by atoms with E-state index in [1.54, 1.807) is 7.11 Å². The van der Waals surface area contributed by atoms with E-state index in [2.05, 4.69) is 4.98 Å². The average Bonchev–Trinajstić information content (AvgIpc) is 2.89. The molecule has 1 fully saturated rings. The number of methoxy groups -OCH3 is 1. The molecule has 0 spiro atoms. The van der Waals surface area contributed by atoms with Crippen LogP contribution in [0.1, 0.15) is 23.3 Å². The maximum absolute atomic E-state index is 12.5. The van der Waals surface area contributed by atoms with Gasteiger partial charge in [-0.1, -0.05) is 0 Å². The topological polar surface area (TPSA) is 71.3 Å². The van der Waals surface area contributed by atoms with Crippen molar-refractivity contribution < 1.29 is 9.53 Å². The molecule has 106 valence electrons. The highest BCUT2D eigenvalue weighted by Crippen LogP contribution is 2.21. The molecule has 2 aromatic rings. The molecule has 2 heterocycles. The lowest BCUT2D eigenvalue weighted by molar-refractivity contribution is 0.0266. The van der Waals surface area contributed by atoms with E-state index in [0.29, 0.717) is 17.9 Å². The van der Waals surface area contributed by atoms with Gasteiger partial charge in [-0.3, -0.25) is 4.79 Å². The second-order valence-electron chi connectivity index (χ2n) is 5.28. The summed E-state index contributed by atoms with van der Waals surface area (Å²) in [7, 11) is 1.70. The molecule has 1 aromatic heterocycles. The fraction of sp³-hybridized carbons (Fsp3) is 0.400. The summed E-state index contributed by atoms with van der Waals surface area (Å²) in [6.07, 6.45) is 2.15. The lowest BCUT2D eigenvalue weighted by atomic mass is 10.1. The first-order chi connectivity index (χ1) is 9.67. The normalized spacial score (nSPS) is 19.4. The van der Waals surface area contributed by atoms with E-state index in [0.717, 1.165) is 30.3 Å². The summed E-state index contributed by atoms with van der Waals surface area (Å²) < 4.78 is 5.36. The first-order valence-electron chi connectivity index (χ1n) is 6.87. The Morgan fingerprint density at radius 1 is 1.45 bits per heavy atom. The Morgan fingerprint density at radius 3 is 3.10 bits per heavy atom. The van der Waals surface area contributed by atoms with Gasteiger partial charge in [0.05, 0.1) is 6.10 Å². The van der Waals surface area contributed by atoms with E-state index in [1.807, 2.05) is 29.2 Å². The smallest absolute Gasteiger partial charge is 0.270 e. The lowest BCUT2D eigenvalue weighted by Crippen LogP contribution is -2.43. The van der Waals surface area contributed by atoms with Gasteiger partial charge in [0, 0.05) is 36.8 Å². The van der Waals surface area contributed by atoms with Crippen LogP contribution in [0.15, 0.2) is 24.3 Å². The first kappa shape index (κ1) is 13.0. The summed E-state index contributed by atoms with van der Waals surface area (Å²) >= 11 is 0. The third kappa shape index (κ3) is 2.36. The van der Waals surface area contributed by atoms with Crippen LogP contribution < -0.4 is 5.73 Å². The van der Waals surface area contributed by atoms with Gasteiger partial charge >= 0.3 is 0 Å². The van der Waals surface area contributed by atoms with Crippen molar-refractivity contribution in [3.8, 4) is 0 Å². The van der Waals surface area contributed by atoms with Gasteiger partial charge in [0.25, 0.3) is 5.91 Å². The number of nitrogens with zero attached hydrogens (tertiary/aromatic N) is 1. The Bertz CT molecular complexity index is 635. The lowest BCUT2D eigenvalue weighted by Gasteiger charge is -2.31. The molecule has 20 heavy (non-hydrogen) atoms. The van der Waals surface area contributed by atoms with Crippen LogP contribution in [-0.2, 0) is 4.74 Å². The predicted molar refractivity (Wildman–Crippen MR) is 78.6 cm³/mol. The number of anilines is 1. The molecular weight excluding hydrogens is 254 g/mol. The fourth-order valence-corrected chi connectivity index (χ4v) is 2.75. The van der Waals surface area contributed by atoms with Crippen LogP contribution in [-0.4, -0.2) is 42.1 Å². The highest BCUT2D eigenvalue weighted by molar-refractivity contribution is 5.98. The van der Waals surface area contributed by atoms with Gasteiger partial charge in [0.15, 0.2) is 0 Å². The van der Waals surface area contributed by atoms with Crippen molar-refractivity contribution in [1.29, 1.82) is 0 Å². The highest BCUT2D eigenvalue weighted by atomic mass is 16.5. The number of amides is 1. The molecule has 1 aliphatic rings. The van der Waals surface area contributed by atoms with Gasteiger partial charge in [-0.15, -0.1) is 0 Å². The second kappa shape index (κ2) is 5.17. The average molecular weight is 273 g/mol. The Kier molecular flexibility index (Phi) is 3.36. The predicted octanol–water partition coefficient (Wildman–Crippen LogP) is 2.00. The van der Waals surface area contributed by atoms with Crippen LogP contribution in [0.4, 0.5) is 5.69 Å². The molecule has 5 nitrogen and oxygen atoms in total. The minimum absolute atomic E-state index is 0.0292. The summed E-state index contributed by atoms with van der Waals surface area (Å²) in [6.45, 7) is 1.45. The summed E-state index contributed by atoms with van der Waals surface area (Å²) in [5.41, 5.74) is 8.01. The Hall–Kier alpha value is -2.01. The van der Waals surface area contributed by atoms with Gasteiger partial charge in [0.1, 0.15) is 5.69 Å². The van der Waals surface area contributed by atoms with E-state index in [9.17, 15) is 4.79 Å². The zero-order chi connectivity index (χ0) is 14.1. The molecule has 1 amide bonds.